The SMILES string of the molecule is COCC1(CNC(=O)c2ccc(Cn3cccn3)cc2)CCNCC1.Cl.Cl. The lowest BCUT2D eigenvalue weighted by atomic mass is 9.79. The fourth-order valence-electron chi connectivity index (χ4n) is 3.35. The second-order valence-electron chi connectivity index (χ2n) is 6.77. The Labute approximate surface area is 172 Å². The summed E-state index contributed by atoms with van der Waals surface area (Å²) in [4.78, 5) is 12.5. The van der Waals surface area contributed by atoms with Crippen LogP contribution in [0.25, 0.3) is 0 Å². The largest absolute Gasteiger partial charge is 0.384 e. The molecule has 3 rings (SSSR count). The van der Waals surface area contributed by atoms with Crippen LogP contribution >= 0.6 is 24.8 Å². The van der Waals surface area contributed by atoms with Gasteiger partial charge in [0.15, 0.2) is 0 Å². The summed E-state index contributed by atoms with van der Waals surface area (Å²) in [5.41, 5.74) is 1.84. The molecule has 0 spiro atoms. The molecule has 0 aliphatic carbocycles. The molecule has 1 aliphatic rings. The first kappa shape index (κ1) is 23.4. The number of hydrogen-bond donors (Lipinski definition) is 2. The van der Waals surface area contributed by atoms with Crippen molar-refractivity contribution in [1.29, 1.82) is 0 Å². The summed E-state index contributed by atoms with van der Waals surface area (Å²) in [6.07, 6.45) is 5.72. The zero-order chi connectivity index (χ0) is 17.5. The Morgan fingerprint density at radius 3 is 2.56 bits per heavy atom. The first-order chi connectivity index (χ1) is 12.2. The maximum atomic E-state index is 12.5. The van der Waals surface area contributed by atoms with E-state index in [1.54, 1.807) is 13.3 Å². The molecule has 1 saturated heterocycles. The molecule has 1 aliphatic heterocycles. The lowest BCUT2D eigenvalue weighted by molar-refractivity contribution is 0.0512. The van der Waals surface area contributed by atoms with Crippen LogP contribution in [0.5, 0.6) is 0 Å². The van der Waals surface area contributed by atoms with E-state index in [4.69, 9.17) is 4.74 Å². The summed E-state index contributed by atoms with van der Waals surface area (Å²) < 4.78 is 7.26. The monoisotopic (exact) mass is 414 g/mol. The van der Waals surface area contributed by atoms with Crippen molar-refractivity contribution in [3.63, 3.8) is 0 Å². The third-order valence-corrected chi connectivity index (χ3v) is 4.86. The average Bonchev–Trinajstić information content (AvgIpc) is 3.14. The predicted octanol–water partition coefficient (Wildman–Crippen LogP) is 2.52. The first-order valence-electron chi connectivity index (χ1n) is 8.75. The second kappa shape index (κ2) is 11.3. The van der Waals surface area contributed by atoms with Crippen LogP contribution in [0.4, 0.5) is 0 Å². The van der Waals surface area contributed by atoms with Gasteiger partial charge in [-0.05, 0) is 49.7 Å². The number of aromatic nitrogens is 2. The number of nitrogens with one attached hydrogen (secondary N) is 2. The van der Waals surface area contributed by atoms with Gasteiger partial charge in [-0.2, -0.15) is 5.10 Å². The molecule has 1 amide bonds. The number of amides is 1. The van der Waals surface area contributed by atoms with Gasteiger partial charge >= 0.3 is 0 Å². The Kier molecular flexibility index (Phi) is 9.80. The number of carbonyl (C=O) groups excluding carboxylic acids is 1. The van der Waals surface area contributed by atoms with Crippen LogP contribution < -0.4 is 10.6 Å². The Balaban J connectivity index is 0.00000182. The van der Waals surface area contributed by atoms with Crippen LogP contribution in [0.15, 0.2) is 42.7 Å². The molecule has 0 saturated carbocycles. The van der Waals surface area contributed by atoms with Gasteiger partial charge < -0.3 is 15.4 Å². The molecule has 0 bridgehead atoms. The Hall–Kier alpha value is -1.60. The van der Waals surface area contributed by atoms with E-state index in [0.717, 1.165) is 31.5 Å². The van der Waals surface area contributed by atoms with Crippen molar-refractivity contribution in [2.45, 2.75) is 19.4 Å². The van der Waals surface area contributed by atoms with Crippen molar-refractivity contribution < 1.29 is 9.53 Å². The third-order valence-electron chi connectivity index (χ3n) is 4.86. The highest BCUT2D eigenvalue weighted by atomic mass is 35.5. The summed E-state index contributed by atoms with van der Waals surface area (Å²) in [7, 11) is 1.73. The van der Waals surface area contributed by atoms with Crippen LogP contribution in [-0.4, -0.2) is 49.0 Å². The molecule has 150 valence electrons. The summed E-state index contributed by atoms with van der Waals surface area (Å²) in [6, 6.07) is 9.61. The van der Waals surface area contributed by atoms with Crippen LogP contribution in [0, 0.1) is 5.41 Å². The molecule has 0 unspecified atom stereocenters. The van der Waals surface area contributed by atoms with E-state index < -0.39 is 0 Å². The number of methoxy groups -OCH3 is 1. The molecule has 1 fully saturated rings. The van der Waals surface area contributed by atoms with E-state index in [2.05, 4.69) is 15.7 Å². The molecule has 0 atom stereocenters. The van der Waals surface area contributed by atoms with Gasteiger partial charge in [0, 0.05) is 37.0 Å². The minimum Gasteiger partial charge on any atom is -0.384 e. The lowest BCUT2D eigenvalue weighted by Crippen LogP contribution is -2.47. The average molecular weight is 415 g/mol. The van der Waals surface area contributed by atoms with Crippen LogP contribution in [0.1, 0.15) is 28.8 Å². The first-order valence-corrected chi connectivity index (χ1v) is 8.75. The van der Waals surface area contributed by atoms with Gasteiger partial charge in [0.2, 0.25) is 0 Å². The van der Waals surface area contributed by atoms with Gasteiger partial charge in [-0.1, -0.05) is 12.1 Å². The Bertz CT molecular complexity index is 666. The van der Waals surface area contributed by atoms with Crippen molar-refractivity contribution in [3.05, 3.63) is 53.9 Å². The van der Waals surface area contributed by atoms with Crippen LogP contribution in [-0.2, 0) is 11.3 Å². The maximum absolute atomic E-state index is 12.5. The smallest absolute Gasteiger partial charge is 0.251 e. The minimum absolute atomic E-state index is 0. The highest BCUT2D eigenvalue weighted by Crippen LogP contribution is 2.28. The van der Waals surface area contributed by atoms with E-state index in [0.29, 0.717) is 25.3 Å². The molecule has 2 N–H and O–H groups in total. The number of nitrogens with zero attached hydrogens (tertiary/aromatic N) is 2. The highest BCUT2D eigenvalue weighted by Gasteiger charge is 2.32. The fraction of sp³-hybridized carbons (Fsp3) is 0.474. The molecule has 1 aromatic heterocycles. The Morgan fingerprint density at radius 2 is 1.96 bits per heavy atom. The number of rotatable bonds is 7. The van der Waals surface area contributed by atoms with E-state index in [-0.39, 0.29) is 36.1 Å². The van der Waals surface area contributed by atoms with Gasteiger partial charge in [0.05, 0.1) is 13.2 Å². The summed E-state index contributed by atoms with van der Waals surface area (Å²) in [6.45, 7) is 3.98. The van der Waals surface area contributed by atoms with E-state index in [9.17, 15) is 4.79 Å². The van der Waals surface area contributed by atoms with Crippen molar-refractivity contribution in [3.8, 4) is 0 Å². The van der Waals surface area contributed by atoms with E-state index in [1.165, 1.54) is 0 Å². The number of piperidine rings is 1. The quantitative estimate of drug-likeness (QED) is 0.730. The minimum atomic E-state index is -0.0281. The second-order valence-corrected chi connectivity index (χ2v) is 6.77. The van der Waals surface area contributed by atoms with Crippen molar-refractivity contribution in [2.75, 3.05) is 33.4 Å². The number of hydrogen-bond acceptors (Lipinski definition) is 4. The lowest BCUT2D eigenvalue weighted by Gasteiger charge is -2.37. The van der Waals surface area contributed by atoms with Gasteiger partial charge in [0.1, 0.15) is 0 Å². The number of carbonyl (C=O) groups is 1. The van der Waals surface area contributed by atoms with Gasteiger partial charge in [-0.3, -0.25) is 9.48 Å². The van der Waals surface area contributed by atoms with Crippen LogP contribution in [0.2, 0.25) is 0 Å². The molecular weight excluding hydrogens is 387 g/mol. The third kappa shape index (κ3) is 6.50. The number of halogens is 2. The number of ether oxygens (including phenoxy) is 1. The fourth-order valence-corrected chi connectivity index (χ4v) is 3.35. The van der Waals surface area contributed by atoms with Gasteiger partial charge in [0.25, 0.3) is 5.91 Å². The predicted molar refractivity (Wildman–Crippen MR) is 111 cm³/mol. The standard InChI is InChI=1S/C19H26N4O2.2ClH/c1-25-15-19(7-10-20-11-8-19)14-21-18(24)17-5-3-16(4-6-17)13-23-12-2-9-22-23;;/h2-6,9,12,20H,7-8,10-11,13-15H2,1H3,(H,21,24);2*1H. The van der Waals surface area contributed by atoms with E-state index in [1.807, 2.05) is 41.2 Å². The van der Waals surface area contributed by atoms with Crippen molar-refractivity contribution >= 4 is 30.7 Å². The molecule has 2 aromatic rings. The zero-order valence-electron chi connectivity index (χ0n) is 15.5. The summed E-state index contributed by atoms with van der Waals surface area (Å²) in [5, 5.41) is 10.7. The molecular formula is C19H28Cl2N4O2. The number of benzene rings is 1. The molecule has 2 heterocycles. The molecule has 6 nitrogen and oxygen atoms in total. The van der Waals surface area contributed by atoms with Gasteiger partial charge in [-0.15, -0.1) is 24.8 Å². The topological polar surface area (TPSA) is 68.2 Å². The van der Waals surface area contributed by atoms with Crippen molar-refractivity contribution in [1.82, 2.24) is 20.4 Å². The van der Waals surface area contributed by atoms with Gasteiger partial charge in [-0.25, -0.2) is 0 Å². The molecule has 27 heavy (non-hydrogen) atoms. The van der Waals surface area contributed by atoms with Crippen molar-refractivity contribution in [2.24, 2.45) is 5.41 Å². The molecule has 8 heteroatoms. The molecule has 1 aromatic carbocycles. The molecule has 0 radical (unpaired) electrons. The maximum Gasteiger partial charge on any atom is 0.251 e. The summed E-state index contributed by atoms with van der Waals surface area (Å²) in [5.74, 6) is -0.0281. The zero-order valence-corrected chi connectivity index (χ0v) is 17.2. The Morgan fingerprint density at radius 1 is 1.26 bits per heavy atom. The van der Waals surface area contributed by atoms with Crippen LogP contribution in [0.3, 0.4) is 0 Å². The normalized spacial score (nSPS) is 15.3. The van der Waals surface area contributed by atoms with E-state index >= 15 is 0 Å². The summed E-state index contributed by atoms with van der Waals surface area (Å²) >= 11 is 0. The highest BCUT2D eigenvalue weighted by molar-refractivity contribution is 5.94.